The van der Waals surface area contributed by atoms with Crippen molar-refractivity contribution in [3.8, 4) is 6.07 Å². The number of pyridine rings is 1. The topological polar surface area (TPSA) is 89.3 Å². The standard InChI is InChI=1S/C26H19F2N5O2S/c1-15-11-19(14-30-22(15)13-29)32-24(35)26(9-2-10-26)33(25(32)36)18-7-8-20(21(28)12-18)23(34)31-17-5-3-16(27)4-6-17/h3-8,11-12,14H,2,9-10H2,1H3,(H,31,34). The molecular weight excluding hydrogens is 484 g/mol. The molecule has 1 saturated carbocycles. The Hall–Kier alpha value is -4.23. The van der Waals surface area contributed by atoms with Crippen molar-refractivity contribution in [3.63, 3.8) is 0 Å². The van der Waals surface area contributed by atoms with E-state index in [0.717, 1.165) is 6.42 Å². The third-order valence-corrected chi connectivity index (χ3v) is 6.94. The fourth-order valence-electron chi connectivity index (χ4n) is 4.57. The van der Waals surface area contributed by atoms with Gasteiger partial charge in [0.15, 0.2) is 5.11 Å². The Bertz CT molecular complexity index is 1460. The smallest absolute Gasteiger partial charge is 0.259 e. The second-order valence-corrected chi connectivity index (χ2v) is 9.10. The van der Waals surface area contributed by atoms with E-state index in [4.69, 9.17) is 12.2 Å². The third kappa shape index (κ3) is 3.69. The first-order valence-electron chi connectivity index (χ1n) is 11.2. The highest BCUT2D eigenvalue weighted by atomic mass is 32.1. The highest BCUT2D eigenvalue weighted by Crippen LogP contribution is 2.48. The van der Waals surface area contributed by atoms with E-state index in [2.05, 4.69) is 10.3 Å². The van der Waals surface area contributed by atoms with Gasteiger partial charge in [0.25, 0.3) is 11.8 Å². The molecule has 2 aromatic carbocycles. The van der Waals surface area contributed by atoms with Crippen LogP contribution in [0.3, 0.4) is 0 Å². The number of carbonyl (C=O) groups excluding carboxylic acids is 2. The first kappa shape index (κ1) is 23.5. The number of nitriles is 1. The summed E-state index contributed by atoms with van der Waals surface area (Å²) in [6.45, 7) is 1.72. The number of benzene rings is 2. The van der Waals surface area contributed by atoms with Gasteiger partial charge < -0.3 is 10.2 Å². The number of amides is 2. The molecule has 1 aliphatic heterocycles. The number of hydrogen-bond acceptors (Lipinski definition) is 5. The van der Waals surface area contributed by atoms with Gasteiger partial charge in [0.05, 0.1) is 17.4 Å². The average molecular weight is 504 g/mol. The van der Waals surface area contributed by atoms with Gasteiger partial charge in [0.2, 0.25) is 0 Å². The molecule has 2 fully saturated rings. The maximum absolute atomic E-state index is 15.1. The minimum Gasteiger partial charge on any atom is -0.322 e. The van der Waals surface area contributed by atoms with E-state index >= 15 is 4.39 Å². The lowest BCUT2D eigenvalue weighted by atomic mass is 9.75. The third-order valence-electron chi connectivity index (χ3n) is 6.58. The molecule has 0 unspecified atom stereocenters. The summed E-state index contributed by atoms with van der Waals surface area (Å²) in [6.07, 6.45) is 3.32. The normalized spacial score (nSPS) is 16.2. The van der Waals surface area contributed by atoms with Crippen LogP contribution in [-0.4, -0.2) is 27.4 Å². The predicted molar refractivity (Wildman–Crippen MR) is 134 cm³/mol. The second-order valence-electron chi connectivity index (χ2n) is 8.74. The van der Waals surface area contributed by atoms with Crippen LogP contribution in [-0.2, 0) is 4.79 Å². The summed E-state index contributed by atoms with van der Waals surface area (Å²) in [4.78, 5) is 33.3. The lowest BCUT2D eigenvalue weighted by Crippen LogP contribution is -2.55. The van der Waals surface area contributed by atoms with Crippen LogP contribution >= 0.6 is 12.2 Å². The Morgan fingerprint density at radius 3 is 2.44 bits per heavy atom. The van der Waals surface area contributed by atoms with E-state index in [0.29, 0.717) is 35.5 Å². The van der Waals surface area contributed by atoms with E-state index in [1.54, 1.807) is 24.0 Å². The van der Waals surface area contributed by atoms with Crippen LogP contribution in [0.4, 0.5) is 25.8 Å². The minimum absolute atomic E-state index is 0.175. The van der Waals surface area contributed by atoms with E-state index in [1.807, 2.05) is 6.07 Å². The van der Waals surface area contributed by atoms with Gasteiger partial charge in [0.1, 0.15) is 28.9 Å². The molecule has 1 aromatic heterocycles. The Balaban J connectivity index is 1.46. The van der Waals surface area contributed by atoms with Crippen molar-refractivity contribution in [2.45, 2.75) is 31.7 Å². The van der Waals surface area contributed by atoms with Gasteiger partial charge in [-0.25, -0.2) is 13.8 Å². The summed E-state index contributed by atoms with van der Waals surface area (Å²) in [5.41, 5.74) is 0.828. The molecule has 3 aromatic rings. The largest absolute Gasteiger partial charge is 0.322 e. The van der Waals surface area contributed by atoms with Gasteiger partial charge in [-0.2, -0.15) is 5.26 Å². The Morgan fingerprint density at radius 1 is 1.14 bits per heavy atom. The molecule has 180 valence electrons. The fraction of sp³-hybridized carbons (Fsp3) is 0.192. The molecule has 2 heterocycles. The van der Waals surface area contributed by atoms with Crippen LogP contribution in [0.15, 0.2) is 54.7 Å². The summed E-state index contributed by atoms with van der Waals surface area (Å²) in [6, 6.07) is 12.9. The predicted octanol–water partition coefficient (Wildman–Crippen LogP) is 4.85. The summed E-state index contributed by atoms with van der Waals surface area (Å²) in [5, 5.41) is 11.9. The second kappa shape index (κ2) is 8.77. The molecule has 0 atom stereocenters. The number of thiocarbonyl (C=S) groups is 1. The Morgan fingerprint density at radius 2 is 1.86 bits per heavy atom. The number of carbonyl (C=O) groups is 2. The van der Waals surface area contributed by atoms with E-state index in [1.165, 1.54) is 47.5 Å². The molecule has 1 spiro atoms. The van der Waals surface area contributed by atoms with Crippen LogP contribution in [0.25, 0.3) is 0 Å². The number of nitrogens with zero attached hydrogens (tertiary/aromatic N) is 4. The van der Waals surface area contributed by atoms with Crippen molar-refractivity contribution in [2.24, 2.45) is 0 Å². The van der Waals surface area contributed by atoms with Crippen molar-refractivity contribution in [2.75, 3.05) is 15.1 Å². The van der Waals surface area contributed by atoms with E-state index in [9.17, 15) is 19.2 Å². The lowest BCUT2D eigenvalue weighted by molar-refractivity contribution is -0.123. The van der Waals surface area contributed by atoms with Crippen LogP contribution in [0.5, 0.6) is 0 Å². The molecule has 5 rings (SSSR count). The molecule has 1 aliphatic carbocycles. The molecule has 7 nitrogen and oxygen atoms in total. The molecular formula is C26H19F2N5O2S. The molecule has 0 bridgehead atoms. The SMILES string of the molecule is Cc1cc(N2C(=O)C3(CCC3)N(c3ccc(C(=O)Nc4ccc(F)cc4)c(F)c3)C2=S)cnc1C#N. The maximum atomic E-state index is 15.1. The summed E-state index contributed by atoms with van der Waals surface area (Å²) in [5.74, 6) is -2.16. The van der Waals surface area contributed by atoms with Crippen molar-refractivity contribution >= 4 is 46.2 Å². The van der Waals surface area contributed by atoms with Crippen molar-refractivity contribution in [1.29, 1.82) is 5.26 Å². The summed E-state index contributed by atoms with van der Waals surface area (Å²) < 4.78 is 28.3. The maximum Gasteiger partial charge on any atom is 0.259 e. The van der Waals surface area contributed by atoms with E-state index in [-0.39, 0.29) is 22.3 Å². The highest BCUT2D eigenvalue weighted by Gasteiger charge is 2.59. The van der Waals surface area contributed by atoms with Crippen LogP contribution in [0.1, 0.15) is 40.9 Å². The zero-order chi connectivity index (χ0) is 25.6. The van der Waals surface area contributed by atoms with Gasteiger partial charge in [-0.3, -0.25) is 14.5 Å². The molecule has 1 N–H and O–H groups in total. The van der Waals surface area contributed by atoms with Gasteiger partial charge >= 0.3 is 0 Å². The number of rotatable bonds is 4. The molecule has 0 radical (unpaired) electrons. The Labute approximate surface area is 211 Å². The lowest BCUT2D eigenvalue weighted by Gasteiger charge is -2.43. The van der Waals surface area contributed by atoms with Gasteiger partial charge in [0, 0.05) is 11.4 Å². The monoisotopic (exact) mass is 503 g/mol. The number of aryl methyl sites for hydroxylation is 1. The van der Waals surface area contributed by atoms with Gasteiger partial charge in [-0.15, -0.1) is 0 Å². The van der Waals surface area contributed by atoms with Crippen molar-refractivity contribution in [1.82, 2.24) is 4.98 Å². The minimum atomic E-state index is -0.941. The highest BCUT2D eigenvalue weighted by molar-refractivity contribution is 7.81. The van der Waals surface area contributed by atoms with Gasteiger partial charge in [-0.05, 0) is 92.5 Å². The first-order chi connectivity index (χ1) is 17.2. The molecule has 2 amide bonds. The van der Waals surface area contributed by atoms with Crippen LogP contribution in [0, 0.1) is 29.9 Å². The number of nitrogens with one attached hydrogen (secondary N) is 1. The van der Waals surface area contributed by atoms with Crippen LogP contribution in [0.2, 0.25) is 0 Å². The zero-order valence-electron chi connectivity index (χ0n) is 19.1. The number of anilines is 3. The fourth-order valence-corrected chi connectivity index (χ4v) is 5.03. The summed E-state index contributed by atoms with van der Waals surface area (Å²) in [7, 11) is 0. The first-order valence-corrected chi connectivity index (χ1v) is 11.6. The zero-order valence-corrected chi connectivity index (χ0v) is 19.9. The molecule has 36 heavy (non-hydrogen) atoms. The summed E-state index contributed by atoms with van der Waals surface area (Å²) >= 11 is 5.69. The molecule has 2 aliphatic rings. The van der Waals surface area contributed by atoms with E-state index < -0.39 is 23.1 Å². The number of hydrogen-bond donors (Lipinski definition) is 1. The van der Waals surface area contributed by atoms with Crippen molar-refractivity contribution in [3.05, 3.63) is 83.2 Å². The van der Waals surface area contributed by atoms with Crippen LogP contribution < -0.4 is 15.1 Å². The number of halogens is 2. The quantitative estimate of drug-likeness (QED) is 0.512. The number of aromatic nitrogens is 1. The van der Waals surface area contributed by atoms with Gasteiger partial charge in [-0.1, -0.05) is 0 Å². The molecule has 10 heteroatoms. The average Bonchev–Trinajstić information content (AvgIpc) is 3.07. The Kier molecular flexibility index (Phi) is 5.73. The molecule has 1 saturated heterocycles. The van der Waals surface area contributed by atoms with Crippen molar-refractivity contribution < 1.29 is 18.4 Å².